The molecule has 1 fully saturated rings. The van der Waals surface area contributed by atoms with Crippen molar-refractivity contribution in [2.24, 2.45) is 5.92 Å². The number of rotatable bonds is 2. The number of para-hydroxylation sites is 1. The number of amides is 1. The van der Waals surface area contributed by atoms with Gasteiger partial charge in [-0.3, -0.25) is 9.59 Å². The van der Waals surface area contributed by atoms with Crippen molar-refractivity contribution in [1.29, 1.82) is 0 Å². The molecule has 2 aromatic carbocycles. The number of carbonyl (C=O) groups excluding carboxylic acids is 2. The molecule has 0 aromatic heterocycles. The van der Waals surface area contributed by atoms with E-state index in [1.165, 1.54) is 0 Å². The minimum Gasteiger partial charge on any atom is -0.443 e. The van der Waals surface area contributed by atoms with Crippen LogP contribution in [0.3, 0.4) is 0 Å². The molecule has 2 aliphatic rings. The SMILES string of the molecule is CN1C(=O)C2(OC(=O)CC2C=Cc2ccccc2)c2ccccc21. The number of hydrogen-bond donors (Lipinski definition) is 0. The Hall–Kier alpha value is -2.88. The number of carbonyl (C=O) groups is 2. The van der Waals surface area contributed by atoms with Crippen LogP contribution in [0.1, 0.15) is 17.5 Å². The van der Waals surface area contributed by atoms with Gasteiger partial charge in [-0.05, 0) is 11.6 Å². The Morgan fingerprint density at radius 3 is 2.58 bits per heavy atom. The van der Waals surface area contributed by atoms with E-state index in [0.717, 1.165) is 16.8 Å². The van der Waals surface area contributed by atoms with E-state index in [1.54, 1.807) is 11.9 Å². The third kappa shape index (κ3) is 1.99. The van der Waals surface area contributed by atoms with Gasteiger partial charge in [-0.15, -0.1) is 0 Å². The van der Waals surface area contributed by atoms with Crippen LogP contribution >= 0.6 is 0 Å². The Morgan fingerprint density at radius 2 is 1.79 bits per heavy atom. The van der Waals surface area contributed by atoms with Crippen molar-refractivity contribution in [1.82, 2.24) is 0 Å². The van der Waals surface area contributed by atoms with Crippen LogP contribution < -0.4 is 4.90 Å². The molecule has 2 aromatic rings. The lowest BCUT2D eigenvalue weighted by molar-refractivity contribution is -0.158. The zero-order chi connectivity index (χ0) is 16.7. The van der Waals surface area contributed by atoms with Crippen LogP contribution in [0, 0.1) is 5.92 Å². The molecule has 120 valence electrons. The van der Waals surface area contributed by atoms with E-state index >= 15 is 0 Å². The second-order valence-corrected chi connectivity index (χ2v) is 6.17. The standard InChI is InChI=1S/C20H17NO3/c1-21-17-10-6-5-9-16(17)20(19(21)23)15(13-18(22)24-20)12-11-14-7-3-2-4-8-14/h2-12,15H,13H2,1H3. The lowest BCUT2D eigenvalue weighted by atomic mass is 9.81. The molecule has 24 heavy (non-hydrogen) atoms. The third-order valence-electron chi connectivity index (χ3n) is 4.79. The van der Waals surface area contributed by atoms with Gasteiger partial charge in [-0.1, -0.05) is 60.7 Å². The fourth-order valence-electron chi connectivity index (χ4n) is 3.63. The van der Waals surface area contributed by atoms with Crippen LogP contribution in [-0.4, -0.2) is 18.9 Å². The van der Waals surface area contributed by atoms with E-state index in [2.05, 4.69) is 0 Å². The fourth-order valence-corrected chi connectivity index (χ4v) is 3.63. The van der Waals surface area contributed by atoms with E-state index in [4.69, 9.17) is 4.74 Å². The van der Waals surface area contributed by atoms with Gasteiger partial charge in [0.05, 0.1) is 12.1 Å². The first kappa shape index (κ1) is 14.7. The summed E-state index contributed by atoms with van der Waals surface area (Å²) in [4.78, 5) is 26.6. The second kappa shape index (κ2) is 5.34. The zero-order valence-electron chi connectivity index (χ0n) is 13.3. The van der Waals surface area contributed by atoms with Gasteiger partial charge >= 0.3 is 5.97 Å². The maximum Gasteiger partial charge on any atom is 0.308 e. The monoisotopic (exact) mass is 319 g/mol. The first-order valence-electron chi connectivity index (χ1n) is 7.95. The van der Waals surface area contributed by atoms with E-state index < -0.39 is 5.60 Å². The summed E-state index contributed by atoms with van der Waals surface area (Å²) in [6.45, 7) is 0. The molecular formula is C20H17NO3. The number of fused-ring (bicyclic) bond motifs is 2. The van der Waals surface area contributed by atoms with Crippen molar-refractivity contribution in [2.45, 2.75) is 12.0 Å². The van der Waals surface area contributed by atoms with Crippen LogP contribution in [-0.2, 0) is 19.9 Å². The van der Waals surface area contributed by atoms with Gasteiger partial charge in [0.1, 0.15) is 0 Å². The van der Waals surface area contributed by atoms with Gasteiger partial charge in [0, 0.05) is 18.5 Å². The maximum absolute atomic E-state index is 13.0. The number of benzene rings is 2. The van der Waals surface area contributed by atoms with Crippen molar-refractivity contribution in [2.75, 3.05) is 11.9 Å². The summed E-state index contributed by atoms with van der Waals surface area (Å²) >= 11 is 0. The molecule has 0 N–H and O–H groups in total. The number of anilines is 1. The van der Waals surface area contributed by atoms with Crippen molar-refractivity contribution < 1.29 is 14.3 Å². The first-order chi connectivity index (χ1) is 11.6. The lowest BCUT2D eigenvalue weighted by Gasteiger charge is -2.26. The van der Waals surface area contributed by atoms with E-state index in [0.29, 0.717) is 0 Å². The molecule has 2 aliphatic heterocycles. The molecule has 2 atom stereocenters. The Morgan fingerprint density at radius 1 is 1.08 bits per heavy atom. The van der Waals surface area contributed by atoms with Gasteiger partial charge in [0.2, 0.25) is 5.60 Å². The molecule has 0 bridgehead atoms. The van der Waals surface area contributed by atoms with Crippen LogP contribution in [0.5, 0.6) is 0 Å². The lowest BCUT2D eigenvalue weighted by Crippen LogP contribution is -2.42. The molecule has 1 saturated heterocycles. The molecule has 2 heterocycles. The summed E-state index contributed by atoms with van der Waals surface area (Å²) in [7, 11) is 1.72. The minimum atomic E-state index is -1.23. The highest BCUT2D eigenvalue weighted by molar-refractivity contribution is 6.09. The third-order valence-corrected chi connectivity index (χ3v) is 4.79. The summed E-state index contributed by atoms with van der Waals surface area (Å²) in [5.41, 5.74) is 1.37. The Labute approximate surface area is 140 Å². The molecule has 0 aliphatic carbocycles. The fraction of sp³-hybridized carbons (Fsp3) is 0.200. The van der Waals surface area contributed by atoms with Crippen LogP contribution in [0.2, 0.25) is 0 Å². The second-order valence-electron chi connectivity index (χ2n) is 6.17. The largest absolute Gasteiger partial charge is 0.443 e. The highest BCUT2D eigenvalue weighted by Crippen LogP contribution is 2.51. The van der Waals surface area contributed by atoms with E-state index in [1.807, 2.05) is 66.7 Å². The molecular weight excluding hydrogens is 302 g/mol. The smallest absolute Gasteiger partial charge is 0.308 e. The number of hydrogen-bond acceptors (Lipinski definition) is 3. The van der Waals surface area contributed by atoms with Crippen molar-refractivity contribution in [3.8, 4) is 0 Å². The number of ether oxygens (including phenoxy) is 1. The predicted octanol–water partition coefficient (Wildman–Crippen LogP) is 3.13. The molecule has 4 heteroatoms. The summed E-state index contributed by atoms with van der Waals surface area (Å²) in [5.74, 6) is -0.836. The van der Waals surface area contributed by atoms with Crippen LogP contribution in [0.15, 0.2) is 60.7 Å². The average Bonchev–Trinajstić information content (AvgIpc) is 3.06. The molecule has 2 unspecified atom stereocenters. The quantitative estimate of drug-likeness (QED) is 0.799. The van der Waals surface area contributed by atoms with Crippen molar-refractivity contribution in [3.05, 3.63) is 71.8 Å². The average molecular weight is 319 g/mol. The van der Waals surface area contributed by atoms with Crippen LogP contribution in [0.4, 0.5) is 5.69 Å². The highest BCUT2D eigenvalue weighted by Gasteiger charge is 2.61. The molecule has 0 saturated carbocycles. The van der Waals surface area contributed by atoms with Crippen molar-refractivity contribution in [3.63, 3.8) is 0 Å². The highest BCUT2D eigenvalue weighted by atomic mass is 16.6. The Balaban J connectivity index is 1.79. The first-order valence-corrected chi connectivity index (χ1v) is 7.95. The molecule has 4 nitrogen and oxygen atoms in total. The van der Waals surface area contributed by atoms with Gasteiger partial charge in [-0.25, -0.2) is 0 Å². The normalized spacial score (nSPS) is 25.5. The summed E-state index contributed by atoms with van der Waals surface area (Å²) < 4.78 is 5.64. The maximum atomic E-state index is 13.0. The molecule has 1 spiro atoms. The van der Waals surface area contributed by atoms with Gasteiger partial charge in [-0.2, -0.15) is 0 Å². The number of esters is 1. The Bertz CT molecular complexity index is 843. The summed E-state index contributed by atoms with van der Waals surface area (Å²) in [6.07, 6.45) is 4.08. The molecule has 0 radical (unpaired) electrons. The minimum absolute atomic E-state index is 0.183. The zero-order valence-corrected chi connectivity index (χ0v) is 13.3. The van der Waals surface area contributed by atoms with Crippen LogP contribution in [0.25, 0.3) is 6.08 Å². The van der Waals surface area contributed by atoms with Gasteiger partial charge in [0.15, 0.2) is 0 Å². The predicted molar refractivity (Wildman–Crippen MR) is 91.2 cm³/mol. The topological polar surface area (TPSA) is 46.6 Å². The summed E-state index contributed by atoms with van der Waals surface area (Å²) in [6, 6.07) is 17.3. The van der Waals surface area contributed by atoms with E-state index in [-0.39, 0.29) is 24.2 Å². The molecule has 4 rings (SSSR count). The van der Waals surface area contributed by atoms with E-state index in [9.17, 15) is 9.59 Å². The van der Waals surface area contributed by atoms with Gasteiger partial charge in [0.25, 0.3) is 5.91 Å². The number of nitrogens with zero attached hydrogens (tertiary/aromatic N) is 1. The Kier molecular flexibility index (Phi) is 3.27. The number of likely N-dealkylation sites (N-methyl/N-ethyl adjacent to an activating group) is 1. The van der Waals surface area contributed by atoms with Crippen molar-refractivity contribution >= 4 is 23.6 Å². The molecule has 1 amide bonds. The summed E-state index contributed by atoms with van der Waals surface area (Å²) in [5, 5.41) is 0. The van der Waals surface area contributed by atoms with Gasteiger partial charge < -0.3 is 9.64 Å².